The molecule has 2 rings (SSSR count). The highest BCUT2D eigenvalue weighted by Crippen LogP contribution is 2.36. The minimum Gasteiger partial charge on any atom is -0.552 e. The number of allylic oxidation sites excluding steroid dienone is 7. The summed E-state index contributed by atoms with van der Waals surface area (Å²) in [5.41, 5.74) is 2.19. The van der Waals surface area contributed by atoms with E-state index in [0.717, 1.165) is 36.8 Å². The van der Waals surface area contributed by atoms with E-state index in [4.69, 9.17) is 4.43 Å². The highest BCUT2D eigenvalue weighted by molar-refractivity contribution is 6.48. The van der Waals surface area contributed by atoms with Gasteiger partial charge >= 0.3 is 0 Å². The van der Waals surface area contributed by atoms with E-state index in [1.807, 2.05) is 18.4 Å². The first-order valence-electron chi connectivity index (χ1n) is 8.07. The number of hydrogen-bond acceptors (Lipinski definition) is 2. The van der Waals surface area contributed by atoms with Crippen molar-refractivity contribution in [2.75, 3.05) is 0 Å². The molecule has 0 aromatic heterocycles. The summed E-state index contributed by atoms with van der Waals surface area (Å²) in [6.07, 6.45) is 16.4. The molecule has 0 amide bonds. The Morgan fingerprint density at radius 1 is 1.38 bits per heavy atom. The summed E-state index contributed by atoms with van der Waals surface area (Å²) in [6.45, 7) is 6.47. The van der Waals surface area contributed by atoms with E-state index in [-0.39, 0.29) is 11.8 Å². The quantitative estimate of drug-likeness (QED) is 0.539. The number of hydrogen-bond donors (Lipinski definition) is 0. The zero-order valence-electron chi connectivity index (χ0n) is 13.3. The Morgan fingerprint density at radius 2 is 2.19 bits per heavy atom. The monoisotopic (exact) mass is 302 g/mol. The average Bonchev–Trinajstić information content (AvgIpc) is 2.84. The van der Waals surface area contributed by atoms with Crippen molar-refractivity contribution in [3.8, 4) is 0 Å². The van der Waals surface area contributed by atoms with Crippen molar-refractivity contribution >= 4 is 14.8 Å². The van der Waals surface area contributed by atoms with Gasteiger partial charge in [0.05, 0.1) is 6.26 Å². The minimum absolute atomic E-state index is 0.0711. The SMILES string of the molecule is CCCCC1=CCC(C2C=CC=CC2=CO[SiH](C)C)C1=O. The van der Waals surface area contributed by atoms with Gasteiger partial charge in [0.1, 0.15) is 0 Å². The van der Waals surface area contributed by atoms with Crippen molar-refractivity contribution < 1.29 is 9.22 Å². The van der Waals surface area contributed by atoms with Crippen molar-refractivity contribution in [2.24, 2.45) is 11.8 Å². The third-order valence-electron chi connectivity index (χ3n) is 4.08. The summed E-state index contributed by atoms with van der Waals surface area (Å²) in [5, 5.41) is 0. The number of rotatable bonds is 6. The van der Waals surface area contributed by atoms with Crippen molar-refractivity contribution in [2.45, 2.75) is 45.7 Å². The van der Waals surface area contributed by atoms with E-state index in [2.05, 4.69) is 38.2 Å². The zero-order valence-corrected chi connectivity index (χ0v) is 14.5. The molecule has 0 N–H and O–H groups in total. The molecule has 21 heavy (non-hydrogen) atoms. The number of ketones is 1. The second-order valence-electron chi connectivity index (χ2n) is 6.11. The van der Waals surface area contributed by atoms with Gasteiger partial charge in [0, 0.05) is 11.8 Å². The lowest BCUT2D eigenvalue weighted by molar-refractivity contribution is -0.119. The van der Waals surface area contributed by atoms with E-state index in [0.29, 0.717) is 5.78 Å². The predicted octanol–water partition coefficient (Wildman–Crippen LogP) is 4.32. The Bertz CT molecular complexity index is 497. The van der Waals surface area contributed by atoms with Crippen LogP contribution in [-0.2, 0) is 9.22 Å². The molecule has 0 heterocycles. The first-order chi connectivity index (χ1) is 10.1. The number of unbranched alkanes of at least 4 members (excludes halogenated alkanes) is 1. The topological polar surface area (TPSA) is 26.3 Å². The van der Waals surface area contributed by atoms with Crippen molar-refractivity contribution in [1.29, 1.82) is 0 Å². The lowest BCUT2D eigenvalue weighted by atomic mass is 9.81. The summed E-state index contributed by atoms with van der Waals surface area (Å²) in [4.78, 5) is 12.6. The highest BCUT2D eigenvalue weighted by atomic mass is 28.3. The largest absolute Gasteiger partial charge is 0.552 e. The Labute approximate surface area is 130 Å². The lowest BCUT2D eigenvalue weighted by Crippen LogP contribution is -2.22. The molecule has 0 saturated carbocycles. The van der Waals surface area contributed by atoms with E-state index >= 15 is 0 Å². The summed E-state index contributed by atoms with van der Waals surface area (Å²) in [7, 11) is -1.08. The molecule has 0 aromatic carbocycles. The maximum Gasteiger partial charge on any atom is 0.228 e. The Balaban J connectivity index is 2.07. The van der Waals surface area contributed by atoms with Crippen LogP contribution in [0.5, 0.6) is 0 Å². The van der Waals surface area contributed by atoms with Crippen LogP contribution in [0.1, 0.15) is 32.6 Å². The second-order valence-corrected chi connectivity index (χ2v) is 8.48. The molecule has 2 nitrogen and oxygen atoms in total. The Morgan fingerprint density at radius 3 is 2.90 bits per heavy atom. The summed E-state index contributed by atoms with van der Waals surface area (Å²) in [5.74, 6) is 0.591. The van der Waals surface area contributed by atoms with E-state index < -0.39 is 9.04 Å². The highest BCUT2D eigenvalue weighted by Gasteiger charge is 2.34. The van der Waals surface area contributed by atoms with Crippen LogP contribution >= 0.6 is 0 Å². The van der Waals surface area contributed by atoms with Gasteiger partial charge in [-0.15, -0.1) is 0 Å². The molecule has 0 aromatic rings. The second kappa shape index (κ2) is 7.60. The van der Waals surface area contributed by atoms with Gasteiger partial charge in [0.2, 0.25) is 9.04 Å². The van der Waals surface area contributed by atoms with Crippen LogP contribution in [0.3, 0.4) is 0 Å². The first-order valence-corrected chi connectivity index (χ1v) is 10.8. The summed E-state index contributed by atoms with van der Waals surface area (Å²) < 4.78 is 5.76. The molecule has 0 saturated heterocycles. The van der Waals surface area contributed by atoms with Gasteiger partial charge < -0.3 is 4.43 Å². The standard InChI is InChI=1S/C18H26O2Si/c1-4-5-8-14-11-12-17(18(14)19)16-10-7-6-9-15(16)13-20-21(2)3/h6-7,9-11,13,16-17,21H,4-5,8,12H2,1-3H3. The maximum atomic E-state index is 12.6. The molecular weight excluding hydrogens is 276 g/mol. The van der Waals surface area contributed by atoms with Gasteiger partial charge in [-0.05, 0) is 43.5 Å². The fraction of sp³-hybridized carbons (Fsp3) is 0.500. The number of carbonyl (C=O) groups excluding carboxylic acids is 1. The fourth-order valence-electron chi connectivity index (χ4n) is 2.89. The van der Waals surface area contributed by atoms with Crippen molar-refractivity contribution in [3.05, 3.63) is 47.8 Å². The Kier molecular flexibility index (Phi) is 5.80. The molecule has 0 spiro atoms. The van der Waals surface area contributed by atoms with E-state index in [9.17, 15) is 4.79 Å². The van der Waals surface area contributed by atoms with Crippen LogP contribution < -0.4 is 0 Å². The molecule has 2 unspecified atom stereocenters. The smallest absolute Gasteiger partial charge is 0.228 e. The number of carbonyl (C=O) groups is 1. The molecule has 2 aliphatic carbocycles. The number of Topliss-reactive ketones (excluding diaryl/α,β-unsaturated/α-hetero) is 1. The van der Waals surface area contributed by atoms with Gasteiger partial charge in [-0.3, -0.25) is 4.79 Å². The van der Waals surface area contributed by atoms with Crippen LogP contribution in [0, 0.1) is 11.8 Å². The van der Waals surface area contributed by atoms with Gasteiger partial charge in [0.25, 0.3) is 0 Å². The van der Waals surface area contributed by atoms with Gasteiger partial charge in [-0.25, -0.2) is 0 Å². The lowest BCUT2D eigenvalue weighted by Gasteiger charge is -2.23. The van der Waals surface area contributed by atoms with Crippen molar-refractivity contribution in [3.63, 3.8) is 0 Å². The minimum atomic E-state index is -1.08. The molecule has 0 bridgehead atoms. The van der Waals surface area contributed by atoms with Crippen molar-refractivity contribution in [1.82, 2.24) is 0 Å². The van der Waals surface area contributed by atoms with Crippen LogP contribution in [0.2, 0.25) is 13.1 Å². The van der Waals surface area contributed by atoms with Crippen LogP contribution in [0.25, 0.3) is 0 Å². The predicted molar refractivity (Wildman–Crippen MR) is 90.5 cm³/mol. The molecule has 2 atom stereocenters. The summed E-state index contributed by atoms with van der Waals surface area (Å²) >= 11 is 0. The molecule has 0 radical (unpaired) electrons. The molecule has 2 aliphatic rings. The van der Waals surface area contributed by atoms with Crippen LogP contribution in [0.4, 0.5) is 0 Å². The Hall–Kier alpha value is -1.35. The third kappa shape index (κ3) is 4.07. The average molecular weight is 302 g/mol. The molecule has 0 fully saturated rings. The van der Waals surface area contributed by atoms with Gasteiger partial charge in [-0.2, -0.15) is 0 Å². The first kappa shape index (κ1) is 16.0. The molecule has 0 aliphatic heterocycles. The fourth-order valence-corrected chi connectivity index (χ4v) is 3.32. The van der Waals surface area contributed by atoms with Gasteiger partial charge in [-0.1, -0.05) is 43.7 Å². The maximum absolute atomic E-state index is 12.6. The zero-order chi connectivity index (χ0) is 15.2. The molecular formula is C18H26O2Si. The summed E-state index contributed by atoms with van der Waals surface area (Å²) in [6, 6.07) is 0. The normalized spacial score (nSPS) is 26.8. The van der Waals surface area contributed by atoms with E-state index in [1.54, 1.807) is 0 Å². The molecule has 114 valence electrons. The van der Waals surface area contributed by atoms with E-state index in [1.165, 1.54) is 0 Å². The van der Waals surface area contributed by atoms with Crippen LogP contribution in [-0.4, -0.2) is 14.8 Å². The third-order valence-corrected chi connectivity index (χ3v) is 4.76. The van der Waals surface area contributed by atoms with Crippen LogP contribution in [0.15, 0.2) is 47.8 Å². The molecule has 3 heteroatoms. The van der Waals surface area contributed by atoms with Gasteiger partial charge in [0.15, 0.2) is 5.78 Å².